The molecule has 0 fully saturated rings. The summed E-state index contributed by atoms with van der Waals surface area (Å²) in [5.74, 6) is -2.62. The highest BCUT2D eigenvalue weighted by atomic mass is 35.5. The molecule has 2 aromatic carbocycles. The van der Waals surface area contributed by atoms with Gasteiger partial charge in [0.2, 0.25) is 0 Å². The second kappa shape index (κ2) is 6.54. The van der Waals surface area contributed by atoms with Gasteiger partial charge >= 0.3 is 5.97 Å². The lowest BCUT2D eigenvalue weighted by Crippen LogP contribution is -2.22. The van der Waals surface area contributed by atoms with Crippen molar-refractivity contribution in [2.75, 3.05) is 12.4 Å². The van der Waals surface area contributed by atoms with Crippen LogP contribution in [-0.2, 0) is 9.53 Å². The lowest BCUT2D eigenvalue weighted by atomic mass is 10.1. The van der Waals surface area contributed by atoms with Crippen molar-refractivity contribution >= 4 is 23.3 Å². The standard InChI is InChI=1S/C15H12ClF2NO2/c1-21-15(20)14(9-2-7-12(17)13(18)8-9)19-11-5-3-10(16)4-6-11/h2-8,14,19H,1H3. The fourth-order valence-electron chi connectivity index (χ4n) is 1.80. The Labute approximate surface area is 125 Å². The van der Waals surface area contributed by atoms with E-state index in [2.05, 4.69) is 10.1 Å². The summed E-state index contributed by atoms with van der Waals surface area (Å²) in [6.07, 6.45) is 0. The van der Waals surface area contributed by atoms with Gasteiger partial charge in [-0.15, -0.1) is 0 Å². The van der Waals surface area contributed by atoms with Crippen LogP contribution in [0.5, 0.6) is 0 Å². The number of methoxy groups -OCH3 is 1. The molecule has 6 heteroatoms. The number of esters is 1. The third kappa shape index (κ3) is 3.70. The number of nitrogens with one attached hydrogen (secondary N) is 1. The number of carbonyl (C=O) groups excluding carboxylic acids is 1. The molecule has 110 valence electrons. The minimum Gasteiger partial charge on any atom is -0.467 e. The van der Waals surface area contributed by atoms with Gasteiger partial charge in [0.05, 0.1) is 7.11 Å². The average Bonchev–Trinajstić information content (AvgIpc) is 2.49. The predicted octanol–water partition coefficient (Wildman–Crippen LogP) is 3.94. The van der Waals surface area contributed by atoms with Crippen LogP contribution in [0.4, 0.5) is 14.5 Å². The Bertz CT molecular complexity index is 647. The molecule has 1 N–H and O–H groups in total. The molecule has 0 radical (unpaired) electrons. The van der Waals surface area contributed by atoms with E-state index in [1.807, 2.05) is 0 Å². The molecule has 0 aliphatic rings. The smallest absolute Gasteiger partial charge is 0.332 e. The molecule has 2 aromatic rings. The van der Waals surface area contributed by atoms with Crippen molar-refractivity contribution in [3.63, 3.8) is 0 Å². The van der Waals surface area contributed by atoms with Crippen LogP contribution < -0.4 is 5.32 Å². The van der Waals surface area contributed by atoms with Crippen molar-refractivity contribution in [2.45, 2.75) is 6.04 Å². The van der Waals surface area contributed by atoms with Crippen molar-refractivity contribution in [3.05, 3.63) is 64.7 Å². The third-order valence-electron chi connectivity index (χ3n) is 2.87. The highest BCUT2D eigenvalue weighted by molar-refractivity contribution is 6.30. The van der Waals surface area contributed by atoms with Crippen LogP contribution in [0.1, 0.15) is 11.6 Å². The normalized spacial score (nSPS) is 11.8. The number of ether oxygens (including phenoxy) is 1. The Morgan fingerprint density at radius 3 is 2.38 bits per heavy atom. The molecule has 0 aliphatic heterocycles. The first kappa shape index (κ1) is 15.3. The van der Waals surface area contributed by atoms with Gasteiger partial charge in [0.15, 0.2) is 17.7 Å². The van der Waals surface area contributed by atoms with Crippen LogP contribution in [0.25, 0.3) is 0 Å². The fraction of sp³-hybridized carbons (Fsp3) is 0.133. The molecule has 1 unspecified atom stereocenters. The molecule has 1 atom stereocenters. The monoisotopic (exact) mass is 311 g/mol. The summed E-state index contributed by atoms with van der Waals surface area (Å²) in [6, 6.07) is 8.90. The number of anilines is 1. The third-order valence-corrected chi connectivity index (χ3v) is 3.12. The van der Waals surface area contributed by atoms with E-state index in [0.29, 0.717) is 10.7 Å². The topological polar surface area (TPSA) is 38.3 Å². The van der Waals surface area contributed by atoms with E-state index < -0.39 is 23.6 Å². The van der Waals surface area contributed by atoms with Gasteiger partial charge in [0.1, 0.15) is 0 Å². The number of halogens is 3. The van der Waals surface area contributed by atoms with Crippen molar-refractivity contribution in [2.24, 2.45) is 0 Å². The van der Waals surface area contributed by atoms with Gasteiger partial charge in [-0.05, 0) is 42.0 Å². The van der Waals surface area contributed by atoms with Crippen LogP contribution in [0.3, 0.4) is 0 Å². The van der Waals surface area contributed by atoms with E-state index in [0.717, 1.165) is 12.1 Å². The molecule has 0 saturated heterocycles. The Hall–Kier alpha value is -2.14. The molecule has 0 heterocycles. The zero-order chi connectivity index (χ0) is 15.4. The van der Waals surface area contributed by atoms with Gasteiger partial charge < -0.3 is 10.1 Å². The van der Waals surface area contributed by atoms with Crippen molar-refractivity contribution in [1.82, 2.24) is 0 Å². The Morgan fingerprint density at radius 2 is 1.81 bits per heavy atom. The second-order valence-electron chi connectivity index (χ2n) is 4.28. The lowest BCUT2D eigenvalue weighted by molar-refractivity contribution is -0.141. The molecule has 0 aromatic heterocycles. The largest absolute Gasteiger partial charge is 0.467 e. The van der Waals surface area contributed by atoms with Gasteiger partial charge in [0, 0.05) is 10.7 Å². The summed E-state index contributed by atoms with van der Waals surface area (Å²) in [5, 5.41) is 3.44. The highest BCUT2D eigenvalue weighted by Crippen LogP contribution is 2.23. The average molecular weight is 312 g/mol. The maximum absolute atomic E-state index is 13.3. The fourth-order valence-corrected chi connectivity index (χ4v) is 1.93. The molecule has 2 rings (SSSR count). The molecule has 0 amide bonds. The first-order valence-corrected chi connectivity index (χ1v) is 6.44. The van der Waals surface area contributed by atoms with Crippen LogP contribution in [0, 0.1) is 11.6 Å². The molecule has 0 saturated carbocycles. The maximum atomic E-state index is 13.3. The molecule has 0 spiro atoms. The first-order chi connectivity index (χ1) is 10.0. The molecular formula is C15H12ClF2NO2. The Balaban J connectivity index is 2.31. The quantitative estimate of drug-likeness (QED) is 0.869. The first-order valence-electron chi connectivity index (χ1n) is 6.06. The van der Waals surface area contributed by atoms with Gasteiger partial charge in [-0.25, -0.2) is 13.6 Å². The van der Waals surface area contributed by atoms with Gasteiger partial charge in [-0.3, -0.25) is 0 Å². The van der Waals surface area contributed by atoms with Crippen LogP contribution >= 0.6 is 11.6 Å². The lowest BCUT2D eigenvalue weighted by Gasteiger charge is -2.18. The SMILES string of the molecule is COC(=O)C(Nc1ccc(Cl)cc1)c1ccc(F)c(F)c1. The number of benzene rings is 2. The molecular weight excluding hydrogens is 300 g/mol. The number of carbonyl (C=O) groups is 1. The zero-order valence-electron chi connectivity index (χ0n) is 11.1. The second-order valence-corrected chi connectivity index (χ2v) is 4.72. The van der Waals surface area contributed by atoms with E-state index in [1.165, 1.54) is 13.2 Å². The molecule has 3 nitrogen and oxygen atoms in total. The number of hydrogen-bond acceptors (Lipinski definition) is 3. The Kier molecular flexibility index (Phi) is 4.75. The van der Waals surface area contributed by atoms with Gasteiger partial charge in [0.25, 0.3) is 0 Å². The summed E-state index contributed by atoms with van der Waals surface area (Å²) in [5.41, 5.74) is 0.857. The summed E-state index contributed by atoms with van der Waals surface area (Å²) in [6.45, 7) is 0. The summed E-state index contributed by atoms with van der Waals surface area (Å²) in [7, 11) is 1.22. The summed E-state index contributed by atoms with van der Waals surface area (Å²) in [4.78, 5) is 11.9. The molecule has 0 aliphatic carbocycles. The van der Waals surface area contributed by atoms with Crippen LogP contribution in [0.15, 0.2) is 42.5 Å². The van der Waals surface area contributed by atoms with Gasteiger partial charge in [-0.1, -0.05) is 17.7 Å². The molecule has 0 bridgehead atoms. The van der Waals surface area contributed by atoms with Crippen LogP contribution in [-0.4, -0.2) is 13.1 Å². The van der Waals surface area contributed by atoms with Crippen molar-refractivity contribution < 1.29 is 18.3 Å². The van der Waals surface area contributed by atoms with E-state index in [1.54, 1.807) is 24.3 Å². The summed E-state index contributed by atoms with van der Waals surface area (Å²) >= 11 is 5.78. The minimum atomic E-state index is -1.03. The Morgan fingerprint density at radius 1 is 1.14 bits per heavy atom. The maximum Gasteiger partial charge on any atom is 0.332 e. The van der Waals surface area contributed by atoms with Crippen molar-refractivity contribution in [3.8, 4) is 0 Å². The van der Waals surface area contributed by atoms with E-state index >= 15 is 0 Å². The van der Waals surface area contributed by atoms with Gasteiger partial charge in [-0.2, -0.15) is 0 Å². The van der Waals surface area contributed by atoms with Crippen LogP contribution in [0.2, 0.25) is 5.02 Å². The van der Waals surface area contributed by atoms with E-state index in [9.17, 15) is 13.6 Å². The summed E-state index contributed by atoms with van der Waals surface area (Å²) < 4.78 is 31.0. The zero-order valence-corrected chi connectivity index (χ0v) is 11.8. The molecule has 21 heavy (non-hydrogen) atoms. The number of hydrogen-bond donors (Lipinski definition) is 1. The number of rotatable bonds is 4. The minimum absolute atomic E-state index is 0.260. The predicted molar refractivity (Wildman–Crippen MR) is 76.2 cm³/mol. The van der Waals surface area contributed by atoms with E-state index in [-0.39, 0.29) is 5.56 Å². The van der Waals surface area contributed by atoms with E-state index in [4.69, 9.17) is 11.6 Å². The van der Waals surface area contributed by atoms with Crippen molar-refractivity contribution in [1.29, 1.82) is 0 Å². The highest BCUT2D eigenvalue weighted by Gasteiger charge is 2.22.